The normalized spacial score (nSPS) is 19.8. The molecule has 15 heavy (non-hydrogen) atoms. The Hall–Kier alpha value is -0.950. The van der Waals surface area contributed by atoms with Crippen LogP contribution in [0.4, 0.5) is 0 Å². The van der Waals surface area contributed by atoms with Crippen LogP contribution in [0, 0.1) is 0 Å². The summed E-state index contributed by atoms with van der Waals surface area (Å²) in [5.74, 6) is -0.646. The van der Waals surface area contributed by atoms with E-state index in [1.807, 2.05) is 0 Å². The van der Waals surface area contributed by atoms with E-state index in [-0.39, 0.29) is 12.3 Å². The molecule has 1 N–H and O–H groups in total. The average Bonchev–Trinajstić information content (AvgIpc) is 2.17. The van der Waals surface area contributed by atoms with E-state index in [9.17, 15) is 18.0 Å². The van der Waals surface area contributed by atoms with Gasteiger partial charge >= 0.3 is 0 Å². The van der Waals surface area contributed by atoms with Gasteiger partial charge in [0.05, 0.1) is 6.26 Å². The third-order valence-corrected chi connectivity index (χ3v) is 3.68. The summed E-state index contributed by atoms with van der Waals surface area (Å²) in [5.41, 5.74) is 0. The van der Waals surface area contributed by atoms with E-state index in [0.29, 0.717) is 25.9 Å². The van der Waals surface area contributed by atoms with Gasteiger partial charge in [0.25, 0.3) is 5.91 Å². The van der Waals surface area contributed by atoms with Crippen LogP contribution in [-0.4, -0.2) is 50.3 Å². The molecule has 0 spiro atoms. The van der Waals surface area contributed by atoms with Crippen LogP contribution in [0.25, 0.3) is 0 Å². The second kappa shape index (κ2) is 4.71. The summed E-state index contributed by atoms with van der Waals surface area (Å²) in [6.07, 6.45) is 2.49. The van der Waals surface area contributed by atoms with Crippen molar-refractivity contribution in [1.82, 2.24) is 9.62 Å². The number of amides is 1. The number of carbonyl (C=O) groups excluding carboxylic acids is 2. The summed E-state index contributed by atoms with van der Waals surface area (Å²) in [6, 6.07) is -0.0966. The molecule has 1 rings (SSSR count). The molecule has 0 aliphatic carbocycles. The fourth-order valence-electron chi connectivity index (χ4n) is 1.57. The second-order valence-electron chi connectivity index (χ2n) is 3.56. The highest BCUT2D eigenvalue weighted by atomic mass is 32.2. The molecule has 1 fully saturated rings. The molecule has 1 aliphatic rings. The zero-order valence-electron chi connectivity index (χ0n) is 8.47. The molecule has 0 aromatic carbocycles. The van der Waals surface area contributed by atoms with Crippen LogP contribution < -0.4 is 5.32 Å². The fourth-order valence-corrected chi connectivity index (χ4v) is 2.44. The number of nitrogens with one attached hydrogen (secondary N) is 1. The molecule has 0 bridgehead atoms. The molecular weight excluding hydrogens is 220 g/mol. The van der Waals surface area contributed by atoms with Crippen molar-refractivity contribution in [2.24, 2.45) is 0 Å². The number of aldehydes is 1. The highest BCUT2D eigenvalue weighted by Gasteiger charge is 2.25. The summed E-state index contributed by atoms with van der Waals surface area (Å²) in [7, 11) is -3.13. The van der Waals surface area contributed by atoms with E-state index in [1.54, 1.807) is 0 Å². The lowest BCUT2D eigenvalue weighted by Gasteiger charge is -2.30. The predicted molar refractivity (Wildman–Crippen MR) is 53.6 cm³/mol. The molecule has 0 radical (unpaired) electrons. The summed E-state index contributed by atoms with van der Waals surface area (Å²) >= 11 is 0. The standard InChI is InChI=1S/C8H14N2O4S/c1-15(13,14)10-4-2-7(3-5-10)9-8(12)6-11/h6-7H,2-5H2,1H3,(H,9,12). The number of rotatable bonds is 3. The number of piperidine rings is 1. The minimum atomic E-state index is -3.13. The smallest absolute Gasteiger partial charge is 0.284 e. The van der Waals surface area contributed by atoms with Crippen LogP contribution in [0.1, 0.15) is 12.8 Å². The van der Waals surface area contributed by atoms with Gasteiger partial charge in [-0.2, -0.15) is 0 Å². The molecule has 1 amide bonds. The zero-order chi connectivity index (χ0) is 11.5. The quantitative estimate of drug-likeness (QED) is 0.487. The Morgan fingerprint density at radius 3 is 2.33 bits per heavy atom. The summed E-state index contributed by atoms with van der Waals surface area (Å²) < 4.78 is 23.7. The maximum atomic E-state index is 11.2. The van der Waals surface area contributed by atoms with Crippen molar-refractivity contribution in [3.05, 3.63) is 0 Å². The first-order valence-corrected chi connectivity index (χ1v) is 6.49. The maximum absolute atomic E-state index is 11.2. The Morgan fingerprint density at radius 1 is 1.40 bits per heavy atom. The van der Waals surface area contributed by atoms with Crippen molar-refractivity contribution in [3.8, 4) is 0 Å². The van der Waals surface area contributed by atoms with Crippen molar-refractivity contribution in [3.63, 3.8) is 0 Å². The van der Waals surface area contributed by atoms with E-state index < -0.39 is 15.9 Å². The molecule has 1 heterocycles. The number of carbonyl (C=O) groups is 2. The van der Waals surface area contributed by atoms with E-state index in [4.69, 9.17) is 0 Å². The van der Waals surface area contributed by atoms with Gasteiger partial charge in [-0.15, -0.1) is 0 Å². The van der Waals surface area contributed by atoms with Crippen molar-refractivity contribution in [2.75, 3.05) is 19.3 Å². The topological polar surface area (TPSA) is 83.6 Å². The largest absolute Gasteiger partial charge is 0.347 e. The molecule has 0 saturated carbocycles. The second-order valence-corrected chi connectivity index (χ2v) is 5.55. The van der Waals surface area contributed by atoms with Crippen molar-refractivity contribution in [2.45, 2.75) is 18.9 Å². The first-order chi connectivity index (χ1) is 6.93. The van der Waals surface area contributed by atoms with E-state index in [0.717, 1.165) is 6.26 Å². The van der Waals surface area contributed by atoms with Crippen LogP contribution in [0.15, 0.2) is 0 Å². The Bertz CT molecular complexity index is 344. The molecular formula is C8H14N2O4S. The summed E-state index contributed by atoms with van der Waals surface area (Å²) in [5, 5.41) is 2.51. The Morgan fingerprint density at radius 2 is 1.93 bits per heavy atom. The van der Waals surface area contributed by atoms with Gasteiger partial charge in [0.1, 0.15) is 0 Å². The van der Waals surface area contributed by atoms with Gasteiger partial charge in [-0.05, 0) is 12.8 Å². The van der Waals surface area contributed by atoms with Crippen molar-refractivity contribution in [1.29, 1.82) is 0 Å². The fraction of sp³-hybridized carbons (Fsp3) is 0.750. The monoisotopic (exact) mass is 234 g/mol. The van der Waals surface area contributed by atoms with Crippen LogP contribution in [-0.2, 0) is 19.6 Å². The van der Waals surface area contributed by atoms with Gasteiger partial charge in [0, 0.05) is 19.1 Å². The van der Waals surface area contributed by atoms with E-state index in [1.165, 1.54) is 4.31 Å². The number of sulfonamides is 1. The number of hydrogen-bond acceptors (Lipinski definition) is 4. The first kappa shape index (κ1) is 12.1. The highest BCUT2D eigenvalue weighted by Crippen LogP contribution is 2.12. The molecule has 1 aliphatic heterocycles. The molecule has 86 valence electrons. The minimum absolute atomic E-state index is 0.0966. The molecule has 6 nitrogen and oxygen atoms in total. The Kier molecular flexibility index (Phi) is 3.81. The van der Waals surface area contributed by atoms with Crippen molar-refractivity contribution < 1.29 is 18.0 Å². The van der Waals surface area contributed by atoms with Crippen LogP contribution in [0.2, 0.25) is 0 Å². The van der Waals surface area contributed by atoms with Gasteiger partial charge in [0.2, 0.25) is 16.3 Å². The van der Waals surface area contributed by atoms with Crippen LogP contribution in [0.5, 0.6) is 0 Å². The molecule has 7 heteroatoms. The van der Waals surface area contributed by atoms with E-state index in [2.05, 4.69) is 5.32 Å². The van der Waals surface area contributed by atoms with Gasteiger partial charge in [-0.25, -0.2) is 12.7 Å². The summed E-state index contributed by atoms with van der Waals surface area (Å²) in [6.45, 7) is 0.783. The summed E-state index contributed by atoms with van der Waals surface area (Å²) in [4.78, 5) is 20.8. The lowest BCUT2D eigenvalue weighted by molar-refractivity contribution is -0.131. The number of hydrogen-bond donors (Lipinski definition) is 1. The lowest BCUT2D eigenvalue weighted by atomic mass is 10.1. The SMILES string of the molecule is CS(=O)(=O)N1CCC(NC(=O)C=O)CC1. The maximum Gasteiger partial charge on any atom is 0.284 e. The molecule has 0 aromatic rings. The Labute approximate surface area is 88.7 Å². The molecule has 0 atom stereocenters. The van der Waals surface area contributed by atoms with Gasteiger partial charge in [-0.3, -0.25) is 9.59 Å². The van der Waals surface area contributed by atoms with Gasteiger partial charge in [0.15, 0.2) is 0 Å². The average molecular weight is 234 g/mol. The predicted octanol–water partition coefficient (Wildman–Crippen LogP) is -1.27. The number of nitrogens with zero attached hydrogens (tertiary/aromatic N) is 1. The minimum Gasteiger partial charge on any atom is -0.347 e. The molecule has 0 aromatic heterocycles. The van der Waals surface area contributed by atoms with Gasteiger partial charge in [-0.1, -0.05) is 0 Å². The van der Waals surface area contributed by atoms with E-state index >= 15 is 0 Å². The first-order valence-electron chi connectivity index (χ1n) is 4.64. The van der Waals surface area contributed by atoms with Gasteiger partial charge < -0.3 is 5.32 Å². The van der Waals surface area contributed by atoms with Crippen molar-refractivity contribution >= 4 is 22.2 Å². The Balaban J connectivity index is 2.43. The third kappa shape index (κ3) is 3.60. The highest BCUT2D eigenvalue weighted by molar-refractivity contribution is 7.88. The third-order valence-electron chi connectivity index (χ3n) is 2.38. The molecule has 0 unspecified atom stereocenters. The van der Waals surface area contributed by atoms with Crippen LogP contribution in [0.3, 0.4) is 0 Å². The van der Waals surface area contributed by atoms with Crippen LogP contribution >= 0.6 is 0 Å². The molecule has 1 saturated heterocycles. The zero-order valence-corrected chi connectivity index (χ0v) is 9.29. The lowest BCUT2D eigenvalue weighted by Crippen LogP contribution is -2.46.